The molecule has 1 unspecified atom stereocenters. The summed E-state index contributed by atoms with van der Waals surface area (Å²) in [6, 6.07) is 6.08. The first kappa shape index (κ1) is 26.5. The SMILES string of the molecule is C=C(Cn1cccn1)C(=O)N1CCC(Sc2nc(NC3=NCC(C#N)S3)cc(N3CCN(C)CC3)n2)CC1. The maximum absolute atomic E-state index is 12.9. The molecule has 13 heteroatoms. The molecule has 0 aromatic carbocycles. The Morgan fingerprint density at radius 2 is 2.03 bits per heavy atom. The minimum Gasteiger partial charge on any atom is -0.354 e. The van der Waals surface area contributed by atoms with E-state index in [0.717, 1.165) is 55.2 Å². The van der Waals surface area contributed by atoms with E-state index in [2.05, 4.69) is 44.9 Å². The number of aromatic nitrogens is 4. The van der Waals surface area contributed by atoms with Crippen LogP contribution in [-0.2, 0) is 11.3 Å². The molecule has 1 amide bonds. The van der Waals surface area contributed by atoms with Crippen LogP contribution in [0, 0.1) is 11.3 Å². The standard InChI is InChI=1S/C25H32N10OS2/c1-18(17-35-7-3-6-28-35)23(36)34-8-4-19(5-9-34)37-25-30-21(29-24-27-16-20(15-26)38-24)14-22(31-25)33-12-10-32(2)11-13-33/h3,6-7,14,19-20H,1,4-5,8-13,16-17H2,2H3,(H,27,29,30,31). The number of nitrogens with one attached hydrogen (secondary N) is 1. The highest BCUT2D eigenvalue weighted by Gasteiger charge is 2.27. The molecule has 5 heterocycles. The van der Waals surface area contributed by atoms with Crippen LogP contribution in [0.25, 0.3) is 0 Å². The third-order valence-corrected chi connectivity index (χ3v) is 8.96. The Morgan fingerprint density at radius 3 is 2.71 bits per heavy atom. The van der Waals surface area contributed by atoms with Crippen LogP contribution < -0.4 is 10.2 Å². The lowest BCUT2D eigenvalue weighted by Gasteiger charge is -2.34. The highest BCUT2D eigenvalue weighted by Crippen LogP contribution is 2.32. The lowest BCUT2D eigenvalue weighted by molar-refractivity contribution is -0.128. The van der Waals surface area contributed by atoms with Crippen molar-refractivity contribution in [3.05, 3.63) is 36.7 Å². The van der Waals surface area contributed by atoms with E-state index in [-0.39, 0.29) is 11.2 Å². The zero-order chi connectivity index (χ0) is 26.5. The lowest BCUT2D eigenvalue weighted by Crippen LogP contribution is -2.45. The van der Waals surface area contributed by atoms with Gasteiger partial charge in [0.1, 0.15) is 16.9 Å². The molecule has 11 nitrogen and oxygen atoms in total. The minimum absolute atomic E-state index is 0.00531. The van der Waals surface area contributed by atoms with Gasteiger partial charge in [-0.15, -0.1) is 0 Å². The highest BCUT2D eigenvalue weighted by molar-refractivity contribution is 8.15. The van der Waals surface area contributed by atoms with Gasteiger partial charge in [-0.25, -0.2) is 9.97 Å². The normalized spacial score (nSPS) is 20.7. The third kappa shape index (κ3) is 6.67. The van der Waals surface area contributed by atoms with Gasteiger partial charge in [0, 0.05) is 68.6 Å². The largest absolute Gasteiger partial charge is 0.354 e. The molecule has 3 aliphatic heterocycles. The number of likely N-dealkylation sites (tertiary alicyclic amines) is 1. The zero-order valence-electron chi connectivity index (χ0n) is 21.5. The van der Waals surface area contributed by atoms with Crippen LogP contribution >= 0.6 is 23.5 Å². The Labute approximate surface area is 231 Å². The summed E-state index contributed by atoms with van der Waals surface area (Å²) >= 11 is 3.11. The number of amidine groups is 1. The molecule has 2 aromatic heterocycles. The molecule has 5 rings (SSSR count). The van der Waals surface area contributed by atoms with E-state index in [4.69, 9.17) is 9.97 Å². The number of nitriles is 1. The zero-order valence-corrected chi connectivity index (χ0v) is 23.1. The summed E-state index contributed by atoms with van der Waals surface area (Å²) < 4.78 is 1.72. The number of carbonyl (C=O) groups excluding carboxylic acids is 1. The Balaban J connectivity index is 1.22. The van der Waals surface area contributed by atoms with Crippen LogP contribution in [0.15, 0.2) is 46.8 Å². The van der Waals surface area contributed by atoms with Crippen LogP contribution in [0.3, 0.4) is 0 Å². The molecular weight excluding hydrogens is 520 g/mol. The molecule has 200 valence electrons. The van der Waals surface area contributed by atoms with Gasteiger partial charge < -0.3 is 20.0 Å². The summed E-state index contributed by atoms with van der Waals surface area (Å²) in [4.78, 5) is 33.6. The van der Waals surface area contributed by atoms with Crippen molar-refractivity contribution in [2.24, 2.45) is 4.99 Å². The molecule has 0 aliphatic carbocycles. The Hall–Kier alpha value is -3.08. The number of piperidine rings is 1. The van der Waals surface area contributed by atoms with Gasteiger partial charge in [0.25, 0.3) is 5.91 Å². The molecule has 0 bridgehead atoms. The van der Waals surface area contributed by atoms with Crippen LogP contribution in [-0.4, -0.2) is 104 Å². The van der Waals surface area contributed by atoms with Crippen molar-refractivity contribution >= 4 is 46.2 Å². The van der Waals surface area contributed by atoms with Crippen molar-refractivity contribution in [1.29, 1.82) is 5.26 Å². The van der Waals surface area contributed by atoms with Crippen LogP contribution in [0.4, 0.5) is 11.6 Å². The second kappa shape index (κ2) is 12.2. The summed E-state index contributed by atoms with van der Waals surface area (Å²) in [5.41, 5.74) is 0.546. The summed E-state index contributed by atoms with van der Waals surface area (Å²) in [6.07, 6.45) is 5.26. The molecule has 0 radical (unpaired) electrons. The summed E-state index contributed by atoms with van der Waals surface area (Å²) in [5.74, 6) is 1.60. The number of amides is 1. The number of hydrogen-bond donors (Lipinski definition) is 1. The number of likely N-dealkylation sites (N-methyl/N-ethyl adjacent to an activating group) is 1. The van der Waals surface area contributed by atoms with E-state index >= 15 is 0 Å². The molecule has 2 saturated heterocycles. The summed E-state index contributed by atoms with van der Waals surface area (Å²) in [7, 11) is 2.14. The number of piperazine rings is 1. The Morgan fingerprint density at radius 1 is 1.24 bits per heavy atom. The van der Waals surface area contributed by atoms with Gasteiger partial charge in [-0.3, -0.25) is 14.5 Å². The molecular formula is C25H32N10OS2. The van der Waals surface area contributed by atoms with Crippen LogP contribution in [0.5, 0.6) is 0 Å². The minimum atomic E-state index is -0.159. The predicted molar refractivity (Wildman–Crippen MR) is 151 cm³/mol. The van der Waals surface area contributed by atoms with E-state index in [1.165, 1.54) is 11.8 Å². The molecule has 3 aliphatic rings. The quantitative estimate of drug-likeness (QED) is 0.404. The average Bonchev–Trinajstić information content (AvgIpc) is 3.61. The topological polar surface area (TPSA) is 119 Å². The first-order chi connectivity index (χ1) is 18.5. The molecule has 1 atom stereocenters. The molecule has 38 heavy (non-hydrogen) atoms. The fourth-order valence-corrected chi connectivity index (χ4v) is 6.38. The Bertz CT molecular complexity index is 1210. The van der Waals surface area contributed by atoms with Gasteiger partial charge in [0.2, 0.25) is 0 Å². The Kier molecular flexibility index (Phi) is 8.51. The van der Waals surface area contributed by atoms with Gasteiger partial charge in [-0.1, -0.05) is 30.1 Å². The second-order valence-corrected chi connectivity index (χ2v) is 12.1. The van der Waals surface area contributed by atoms with E-state index in [1.54, 1.807) is 22.6 Å². The van der Waals surface area contributed by atoms with Gasteiger partial charge in [0.15, 0.2) is 10.3 Å². The van der Waals surface area contributed by atoms with E-state index in [1.807, 2.05) is 23.2 Å². The molecule has 0 saturated carbocycles. The van der Waals surface area contributed by atoms with Gasteiger partial charge >= 0.3 is 0 Å². The fourth-order valence-electron chi connectivity index (χ4n) is 4.55. The summed E-state index contributed by atoms with van der Waals surface area (Å²) in [5, 5.41) is 18.3. The van der Waals surface area contributed by atoms with Gasteiger partial charge in [0.05, 0.1) is 19.2 Å². The van der Waals surface area contributed by atoms with Crippen LogP contribution in [0.2, 0.25) is 0 Å². The first-order valence-corrected chi connectivity index (χ1v) is 14.5. The number of aliphatic imine (C=N–C) groups is 1. The van der Waals surface area contributed by atoms with Crippen molar-refractivity contribution in [2.75, 3.05) is 63.1 Å². The predicted octanol–water partition coefficient (Wildman–Crippen LogP) is 2.17. The molecule has 2 fully saturated rings. The maximum Gasteiger partial charge on any atom is 0.251 e. The number of anilines is 2. The number of rotatable bonds is 7. The van der Waals surface area contributed by atoms with Crippen molar-refractivity contribution < 1.29 is 4.79 Å². The van der Waals surface area contributed by atoms with Crippen molar-refractivity contribution in [2.45, 2.75) is 35.0 Å². The van der Waals surface area contributed by atoms with Crippen molar-refractivity contribution in [3.8, 4) is 6.07 Å². The fraction of sp³-hybridized carbons (Fsp3) is 0.520. The molecule has 2 aromatic rings. The van der Waals surface area contributed by atoms with Crippen molar-refractivity contribution in [3.63, 3.8) is 0 Å². The van der Waals surface area contributed by atoms with Crippen LogP contribution in [0.1, 0.15) is 12.8 Å². The molecule has 0 spiro atoms. The number of nitrogens with zero attached hydrogens (tertiary/aromatic N) is 9. The van der Waals surface area contributed by atoms with E-state index in [9.17, 15) is 10.1 Å². The maximum atomic E-state index is 12.9. The number of thioether (sulfide) groups is 2. The molecule has 1 N–H and O–H groups in total. The smallest absolute Gasteiger partial charge is 0.251 e. The van der Waals surface area contributed by atoms with Gasteiger partial charge in [-0.2, -0.15) is 10.4 Å². The monoisotopic (exact) mass is 552 g/mol. The van der Waals surface area contributed by atoms with Crippen molar-refractivity contribution in [1.82, 2.24) is 29.5 Å². The number of hydrogen-bond acceptors (Lipinski definition) is 11. The van der Waals surface area contributed by atoms with E-state index < -0.39 is 0 Å². The lowest BCUT2D eigenvalue weighted by atomic mass is 10.1. The van der Waals surface area contributed by atoms with E-state index in [0.29, 0.717) is 42.8 Å². The highest BCUT2D eigenvalue weighted by atomic mass is 32.2. The summed E-state index contributed by atoms with van der Waals surface area (Å²) in [6.45, 7) is 10.0. The third-order valence-electron chi connectivity index (χ3n) is 6.77. The second-order valence-electron chi connectivity index (χ2n) is 9.61. The number of carbonyl (C=O) groups is 1. The first-order valence-electron chi connectivity index (χ1n) is 12.8. The van der Waals surface area contributed by atoms with Gasteiger partial charge in [-0.05, 0) is 26.0 Å². The average molecular weight is 553 g/mol.